The number of halogens is 1. The largest absolute Gasteiger partial charge is 0.490 e. The first-order chi connectivity index (χ1) is 13.7. The lowest BCUT2D eigenvalue weighted by Crippen LogP contribution is -2.22. The van der Waals surface area contributed by atoms with Crippen LogP contribution in [0.15, 0.2) is 53.5 Å². The molecule has 2 aromatic carbocycles. The van der Waals surface area contributed by atoms with Gasteiger partial charge in [0.2, 0.25) is 0 Å². The van der Waals surface area contributed by atoms with E-state index in [0.29, 0.717) is 25.7 Å². The average Bonchev–Trinajstić information content (AvgIpc) is 2.93. The highest BCUT2D eigenvalue weighted by molar-refractivity contribution is 14.0. The normalized spacial score (nSPS) is 13.3. The number of nitrogens with zero attached hydrogens (tertiary/aromatic N) is 2. The van der Waals surface area contributed by atoms with Crippen molar-refractivity contribution in [3.63, 3.8) is 0 Å². The van der Waals surface area contributed by atoms with Crippen LogP contribution in [0.4, 0.5) is 5.69 Å². The quantitative estimate of drug-likeness (QED) is 0.292. The second-order valence-electron chi connectivity index (χ2n) is 6.43. The highest BCUT2D eigenvalue weighted by atomic mass is 127. The van der Waals surface area contributed by atoms with Gasteiger partial charge in [-0.25, -0.2) is 9.98 Å². The fraction of sp³-hybridized carbons (Fsp3) is 0.238. The van der Waals surface area contributed by atoms with Gasteiger partial charge in [0, 0.05) is 28.6 Å². The van der Waals surface area contributed by atoms with E-state index in [1.165, 1.54) is 0 Å². The van der Waals surface area contributed by atoms with Gasteiger partial charge in [0.05, 0.1) is 25.5 Å². The lowest BCUT2D eigenvalue weighted by molar-refractivity contribution is 0.297. The molecule has 0 spiro atoms. The van der Waals surface area contributed by atoms with Gasteiger partial charge >= 0.3 is 0 Å². The predicted octanol–water partition coefficient (Wildman–Crippen LogP) is 4.82. The van der Waals surface area contributed by atoms with Crippen LogP contribution in [0.3, 0.4) is 0 Å². The van der Waals surface area contributed by atoms with Crippen molar-refractivity contribution in [2.24, 2.45) is 10.7 Å². The summed E-state index contributed by atoms with van der Waals surface area (Å²) in [7, 11) is 0. The van der Waals surface area contributed by atoms with E-state index in [4.69, 9.17) is 15.2 Å². The molecule has 0 amide bonds. The monoisotopic (exact) mass is 522 g/mol. The number of anilines is 1. The van der Waals surface area contributed by atoms with Crippen molar-refractivity contribution < 1.29 is 9.47 Å². The van der Waals surface area contributed by atoms with Gasteiger partial charge in [-0.05, 0) is 19.1 Å². The van der Waals surface area contributed by atoms with Crippen LogP contribution in [0.2, 0.25) is 0 Å². The van der Waals surface area contributed by atoms with Gasteiger partial charge in [0.25, 0.3) is 0 Å². The third-order valence-corrected chi connectivity index (χ3v) is 5.52. The minimum atomic E-state index is 0. The van der Waals surface area contributed by atoms with Crippen LogP contribution in [0.25, 0.3) is 10.6 Å². The SMILES string of the molecule is Cc1nc(-c2ccccc2)sc1CN=C(N)Nc1ccc2c(c1)OCCCO2.I. The Morgan fingerprint density at radius 1 is 1.14 bits per heavy atom. The number of nitrogens with one attached hydrogen (secondary N) is 1. The molecule has 0 fully saturated rings. The molecule has 0 atom stereocenters. The Morgan fingerprint density at radius 2 is 1.90 bits per heavy atom. The van der Waals surface area contributed by atoms with Gasteiger partial charge in [-0.2, -0.15) is 0 Å². The Hall–Kier alpha value is -2.33. The number of guanidine groups is 1. The second kappa shape index (κ2) is 9.93. The fourth-order valence-corrected chi connectivity index (χ4v) is 3.86. The number of benzene rings is 2. The van der Waals surface area contributed by atoms with Gasteiger partial charge < -0.3 is 20.5 Å². The molecule has 3 N–H and O–H groups in total. The van der Waals surface area contributed by atoms with Crippen molar-refractivity contribution >= 4 is 47.0 Å². The van der Waals surface area contributed by atoms with Crippen molar-refractivity contribution in [3.8, 4) is 22.1 Å². The highest BCUT2D eigenvalue weighted by Gasteiger charge is 2.12. The van der Waals surface area contributed by atoms with Crippen LogP contribution in [-0.4, -0.2) is 24.2 Å². The van der Waals surface area contributed by atoms with Crippen molar-refractivity contribution in [1.82, 2.24) is 4.98 Å². The summed E-state index contributed by atoms with van der Waals surface area (Å²) in [6.45, 7) is 3.80. The molecule has 0 bridgehead atoms. The molecule has 0 aliphatic carbocycles. The fourth-order valence-electron chi connectivity index (χ4n) is 2.86. The number of nitrogens with two attached hydrogens (primary N) is 1. The Kier molecular flexibility index (Phi) is 7.32. The molecule has 0 saturated carbocycles. The van der Waals surface area contributed by atoms with Crippen LogP contribution in [0.5, 0.6) is 11.5 Å². The summed E-state index contributed by atoms with van der Waals surface area (Å²) in [5.41, 5.74) is 8.99. The maximum atomic E-state index is 6.08. The number of aromatic nitrogens is 1. The van der Waals surface area contributed by atoms with E-state index in [1.54, 1.807) is 11.3 Å². The molecule has 0 saturated heterocycles. The van der Waals surface area contributed by atoms with E-state index in [1.807, 2.05) is 43.3 Å². The van der Waals surface area contributed by atoms with Crippen LogP contribution < -0.4 is 20.5 Å². The molecule has 29 heavy (non-hydrogen) atoms. The third-order valence-electron chi connectivity index (χ3n) is 4.33. The minimum Gasteiger partial charge on any atom is -0.490 e. The van der Waals surface area contributed by atoms with E-state index in [0.717, 1.165) is 44.7 Å². The molecule has 1 aliphatic heterocycles. The Morgan fingerprint density at radius 3 is 2.69 bits per heavy atom. The maximum absolute atomic E-state index is 6.08. The van der Waals surface area contributed by atoms with Crippen molar-refractivity contribution in [2.45, 2.75) is 19.9 Å². The Bertz CT molecular complexity index is 992. The summed E-state index contributed by atoms with van der Waals surface area (Å²) in [4.78, 5) is 10.2. The van der Waals surface area contributed by atoms with Crippen LogP contribution in [-0.2, 0) is 6.54 Å². The van der Waals surface area contributed by atoms with E-state index in [-0.39, 0.29) is 24.0 Å². The number of thiazole rings is 1. The first kappa shape index (κ1) is 21.4. The molecule has 8 heteroatoms. The van der Waals surface area contributed by atoms with E-state index in [9.17, 15) is 0 Å². The zero-order chi connectivity index (χ0) is 19.3. The first-order valence-corrected chi connectivity index (χ1v) is 9.99. The molecule has 4 rings (SSSR count). The molecule has 0 unspecified atom stereocenters. The van der Waals surface area contributed by atoms with Crippen molar-refractivity contribution in [2.75, 3.05) is 18.5 Å². The van der Waals surface area contributed by atoms with E-state index < -0.39 is 0 Å². The van der Waals surface area contributed by atoms with Crippen LogP contribution in [0.1, 0.15) is 17.0 Å². The molecular weight excluding hydrogens is 499 g/mol. The zero-order valence-electron chi connectivity index (χ0n) is 16.1. The van der Waals surface area contributed by atoms with Crippen molar-refractivity contribution in [3.05, 3.63) is 59.1 Å². The summed E-state index contributed by atoms with van der Waals surface area (Å²) in [5.74, 6) is 1.83. The smallest absolute Gasteiger partial charge is 0.193 e. The van der Waals surface area contributed by atoms with E-state index in [2.05, 4.69) is 27.4 Å². The summed E-state index contributed by atoms with van der Waals surface area (Å²) >= 11 is 1.64. The van der Waals surface area contributed by atoms with Gasteiger partial charge in [0.15, 0.2) is 17.5 Å². The lowest BCUT2D eigenvalue weighted by Gasteiger charge is -2.10. The topological polar surface area (TPSA) is 81.8 Å². The standard InChI is InChI=1S/C21H22N4O2S.HI/c1-14-19(28-20(24-14)15-6-3-2-4-7-15)13-23-21(22)25-16-8-9-17-18(12-16)27-11-5-10-26-17;/h2-4,6-9,12H,5,10-11,13H2,1H3,(H3,22,23,25);1H. The van der Waals surface area contributed by atoms with Gasteiger partial charge in [-0.3, -0.25) is 0 Å². The summed E-state index contributed by atoms with van der Waals surface area (Å²) in [6, 6.07) is 15.8. The number of hydrogen-bond donors (Lipinski definition) is 2. The number of fused-ring (bicyclic) bond motifs is 1. The molecule has 6 nitrogen and oxygen atoms in total. The number of aliphatic imine (C=N–C) groups is 1. The summed E-state index contributed by atoms with van der Waals surface area (Å²) in [5, 5.41) is 4.11. The number of aryl methyl sites for hydroxylation is 1. The minimum absolute atomic E-state index is 0. The number of rotatable bonds is 4. The molecule has 0 radical (unpaired) electrons. The van der Waals surface area contributed by atoms with E-state index >= 15 is 0 Å². The highest BCUT2D eigenvalue weighted by Crippen LogP contribution is 2.32. The molecule has 2 heterocycles. The summed E-state index contributed by atoms with van der Waals surface area (Å²) < 4.78 is 11.4. The van der Waals surface area contributed by atoms with Crippen molar-refractivity contribution in [1.29, 1.82) is 0 Å². The van der Waals surface area contributed by atoms with Gasteiger partial charge in [-0.15, -0.1) is 35.3 Å². The van der Waals surface area contributed by atoms with Gasteiger partial charge in [-0.1, -0.05) is 30.3 Å². The number of hydrogen-bond acceptors (Lipinski definition) is 5. The summed E-state index contributed by atoms with van der Waals surface area (Å²) in [6.07, 6.45) is 0.875. The molecule has 1 aromatic heterocycles. The third kappa shape index (κ3) is 5.39. The average molecular weight is 522 g/mol. The number of ether oxygens (including phenoxy) is 2. The van der Waals surface area contributed by atoms with Crippen LogP contribution >= 0.6 is 35.3 Å². The molecule has 3 aromatic rings. The predicted molar refractivity (Wildman–Crippen MR) is 129 cm³/mol. The molecule has 1 aliphatic rings. The first-order valence-electron chi connectivity index (χ1n) is 9.17. The molecule has 152 valence electrons. The maximum Gasteiger partial charge on any atom is 0.193 e. The second-order valence-corrected chi connectivity index (χ2v) is 7.52. The zero-order valence-corrected chi connectivity index (χ0v) is 19.2. The van der Waals surface area contributed by atoms with Gasteiger partial charge in [0.1, 0.15) is 5.01 Å². The Balaban J connectivity index is 0.00000240. The molecular formula is C21H23IN4O2S. The van der Waals surface area contributed by atoms with Crippen LogP contribution in [0, 0.1) is 6.92 Å². The Labute approximate surface area is 191 Å². The lowest BCUT2D eigenvalue weighted by atomic mass is 10.2.